The van der Waals surface area contributed by atoms with Gasteiger partial charge in [-0.3, -0.25) is 9.59 Å². The van der Waals surface area contributed by atoms with Crippen LogP contribution < -0.4 is 11.1 Å². The summed E-state index contributed by atoms with van der Waals surface area (Å²) in [6, 6.07) is 4.09. The summed E-state index contributed by atoms with van der Waals surface area (Å²) in [5, 5.41) is 3.53. The lowest BCUT2D eigenvalue weighted by Gasteiger charge is -2.24. The summed E-state index contributed by atoms with van der Waals surface area (Å²) in [7, 11) is 0. The molecule has 1 heterocycles. The largest absolute Gasteiger partial charge is 0.340 e. The number of carbonyl (C=O) groups excluding carboxylic acids is 2. The number of nitrogens with two attached hydrogens (primary N) is 1. The van der Waals surface area contributed by atoms with Crippen LogP contribution in [0.15, 0.2) is 18.2 Å². The number of hydrogen-bond donors (Lipinski definition) is 2. The van der Waals surface area contributed by atoms with Gasteiger partial charge in [-0.15, -0.1) is 12.4 Å². The van der Waals surface area contributed by atoms with Gasteiger partial charge in [-0.25, -0.2) is 0 Å². The Labute approximate surface area is 168 Å². The van der Waals surface area contributed by atoms with Crippen LogP contribution in [0, 0.1) is 0 Å². The second kappa shape index (κ2) is 10.5. The third-order valence-corrected chi connectivity index (χ3v) is 5.12. The van der Waals surface area contributed by atoms with Gasteiger partial charge in [0.1, 0.15) is 6.04 Å². The molecule has 1 aromatic carbocycles. The van der Waals surface area contributed by atoms with Gasteiger partial charge in [-0.2, -0.15) is 11.8 Å². The summed E-state index contributed by atoms with van der Waals surface area (Å²) in [5.41, 5.74) is 6.18. The number of thioether (sulfide) groups is 1. The van der Waals surface area contributed by atoms with Crippen LogP contribution in [0.4, 0.5) is 0 Å². The van der Waals surface area contributed by atoms with E-state index in [1.54, 1.807) is 28.8 Å². The summed E-state index contributed by atoms with van der Waals surface area (Å²) in [4.78, 5) is 26.9. The van der Waals surface area contributed by atoms with Crippen molar-refractivity contribution in [3.8, 4) is 0 Å². The topological polar surface area (TPSA) is 75.4 Å². The van der Waals surface area contributed by atoms with E-state index in [1.165, 1.54) is 6.07 Å². The predicted molar refractivity (Wildman–Crippen MR) is 107 cm³/mol. The summed E-state index contributed by atoms with van der Waals surface area (Å²) < 4.78 is 0. The van der Waals surface area contributed by atoms with E-state index in [0.29, 0.717) is 30.1 Å². The summed E-state index contributed by atoms with van der Waals surface area (Å²) >= 11 is 13.6. The first kappa shape index (κ1) is 22.4. The van der Waals surface area contributed by atoms with Gasteiger partial charge < -0.3 is 16.0 Å². The number of carbonyl (C=O) groups is 2. The number of benzene rings is 1. The molecule has 1 aromatic rings. The maximum absolute atomic E-state index is 12.7. The molecule has 0 aromatic heterocycles. The van der Waals surface area contributed by atoms with Gasteiger partial charge in [0.05, 0.1) is 10.6 Å². The van der Waals surface area contributed by atoms with Gasteiger partial charge in [0.15, 0.2) is 0 Å². The first-order chi connectivity index (χ1) is 11.4. The lowest BCUT2D eigenvalue weighted by molar-refractivity contribution is -0.132. The molecule has 0 aliphatic carbocycles. The molecule has 1 fully saturated rings. The second-order valence-corrected chi connectivity index (χ2v) is 7.59. The molecule has 2 atom stereocenters. The highest BCUT2D eigenvalue weighted by atomic mass is 35.5. The Morgan fingerprint density at radius 3 is 2.72 bits per heavy atom. The van der Waals surface area contributed by atoms with Gasteiger partial charge in [-0.1, -0.05) is 23.2 Å². The zero-order valence-electron chi connectivity index (χ0n) is 13.8. The standard InChI is InChI=1S/C16H21Cl2N3O2S.ClH/c1-24-7-5-14(16(23)21-6-4-11(19)9-21)20-15(22)12-3-2-10(17)8-13(12)18;/h2-3,8,11,14H,4-7,9,19H2,1H3,(H,20,22);1H/t11-,14?;/m1./s1. The smallest absolute Gasteiger partial charge is 0.253 e. The Morgan fingerprint density at radius 1 is 1.44 bits per heavy atom. The predicted octanol–water partition coefficient (Wildman–Crippen LogP) is 2.83. The normalized spacial score (nSPS) is 17.8. The lowest BCUT2D eigenvalue weighted by atomic mass is 10.1. The highest BCUT2D eigenvalue weighted by molar-refractivity contribution is 7.98. The van der Waals surface area contributed by atoms with Crippen molar-refractivity contribution in [2.45, 2.75) is 24.9 Å². The highest BCUT2D eigenvalue weighted by Gasteiger charge is 2.30. The quantitative estimate of drug-likeness (QED) is 0.733. The van der Waals surface area contributed by atoms with E-state index < -0.39 is 6.04 Å². The van der Waals surface area contributed by atoms with Crippen LogP contribution >= 0.6 is 47.4 Å². The van der Waals surface area contributed by atoms with Crippen LogP contribution in [-0.2, 0) is 4.79 Å². The van der Waals surface area contributed by atoms with Crippen LogP contribution in [0.25, 0.3) is 0 Å². The SMILES string of the molecule is CSCCC(NC(=O)c1ccc(Cl)cc1Cl)C(=O)N1CC[C@@H](N)C1.Cl. The molecule has 2 amide bonds. The Balaban J connectivity index is 0.00000312. The molecule has 1 aliphatic heterocycles. The zero-order chi connectivity index (χ0) is 17.7. The number of hydrogen-bond acceptors (Lipinski definition) is 4. The van der Waals surface area contributed by atoms with Crippen LogP contribution in [0.3, 0.4) is 0 Å². The van der Waals surface area contributed by atoms with Crippen molar-refractivity contribution in [3.63, 3.8) is 0 Å². The maximum atomic E-state index is 12.7. The van der Waals surface area contributed by atoms with E-state index in [1.807, 2.05) is 6.26 Å². The number of nitrogens with one attached hydrogen (secondary N) is 1. The summed E-state index contributed by atoms with van der Waals surface area (Å²) in [6.07, 6.45) is 3.31. The van der Waals surface area contributed by atoms with Crippen molar-refractivity contribution in [2.75, 3.05) is 25.1 Å². The van der Waals surface area contributed by atoms with Gasteiger partial charge >= 0.3 is 0 Å². The van der Waals surface area contributed by atoms with Crippen molar-refractivity contribution in [3.05, 3.63) is 33.8 Å². The third kappa shape index (κ3) is 6.22. The van der Waals surface area contributed by atoms with Crippen LogP contribution in [0.5, 0.6) is 0 Å². The Kier molecular flexibility index (Phi) is 9.38. The molecule has 25 heavy (non-hydrogen) atoms. The van der Waals surface area contributed by atoms with Crippen molar-refractivity contribution in [2.24, 2.45) is 5.73 Å². The fraction of sp³-hybridized carbons (Fsp3) is 0.500. The van der Waals surface area contributed by atoms with Gasteiger partial charge in [0.2, 0.25) is 5.91 Å². The average Bonchev–Trinajstić information content (AvgIpc) is 2.97. The number of likely N-dealkylation sites (tertiary alicyclic amines) is 1. The average molecular weight is 427 g/mol. The molecular weight excluding hydrogens is 405 g/mol. The fourth-order valence-electron chi connectivity index (χ4n) is 2.61. The monoisotopic (exact) mass is 425 g/mol. The van der Waals surface area contributed by atoms with E-state index in [-0.39, 0.29) is 35.3 Å². The number of rotatable bonds is 6. The molecule has 1 saturated heterocycles. The Hall–Kier alpha value is -0.660. The van der Waals surface area contributed by atoms with Crippen LogP contribution in [-0.4, -0.2) is 53.9 Å². The maximum Gasteiger partial charge on any atom is 0.253 e. The van der Waals surface area contributed by atoms with Crippen molar-refractivity contribution in [1.82, 2.24) is 10.2 Å². The molecule has 5 nitrogen and oxygen atoms in total. The molecule has 0 saturated carbocycles. The zero-order valence-corrected chi connectivity index (χ0v) is 17.0. The number of halogens is 3. The van der Waals surface area contributed by atoms with E-state index in [0.717, 1.165) is 12.2 Å². The minimum atomic E-state index is -0.581. The molecule has 0 spiro atoms. The Bertz CT molecular complexity index is 618. The molecule has 0 bridgehead atoms. The molecule has 1 unspecified atom stereocenters. The van der Waals surface area contributed by atoms with Gasteiger partial charge in [-0.05, 0) is 43.0 Å². The third-order valence-electron chi connectivity index (χ3n) is 3.93. The second-order valence-electron chi connectivity index (χ2n) is 5.76. The number of amides is 2. The summed E-state index contributed by atoms with van der Waals surface area (Å²) in [6.45, 7) is 1.17. The fourth-order valence-corrected chi connectivity index (χ4v) is 3.58. The Morgan fingerprint density at radius 2 is 2.16 bits per heavy atom. The van der Waals surface area contributed by atoms with Crippen molar-refractivity contribution in [1.29, 1.82) is 0 Å². The first-order valence-electron chi connectivity index (χ1n) is 7.71. The van der Waals surface area contributed by atoms with Crippen molar-refractivity contribution < 1.29 is 9.59 Å². The minimum Gasteiger partial charge on any atom is -0.340 e. The molecule has 3 N–H and O–H groups in total. The van der Waals surface area contributed by atoms with E-state index in [9.17, 15) is 9.59 Å². The minimum absolute atomic E-state index is 0. The molecule has 1 aliphatic rings. The summed E-state index contributed by atoms with van der Waals surface area (Å²) in [5.74, 6) is 0.306. The molecule has 9 heteroatoms. The molecule has 0 radical (unpaired) electrons. The van der Waals surface area contributed by atoms with E-state index in [2.05, 4.69) is 5.32 Å². The lowest BCUT2D eigenvalue weighted by Crippen LogP contribution is -2.48. The van der Waals surface area contributed by atoms with Crippen LogP contribution in [0.1, 0.15) is 23.2 Å². The highest BCUT2D eigenvalue weighted by Crippen LogP contribution is 2.21. The van der Waals surface area contributed by atoms with Gasteiger partial charge in [0.25, 0.3) is 5.91 Å². The molecule has 140 valence electrons. The van der Waals surface area contributed by atoms with E-state index >= 15 is 0 Å². The van der Waals surface area contributed by atoms with Crippen LogP contribution in [0.2, 0.25) is 10.0 Å². The number of nitrogens with zero attached hydrogens (tertiary/aromatic N) is 1. The first-order valence-corrected chi connectivity index (χ1v) is 9.86. The van der Waals surface area contributed by atoms with E-state index in [4.69, 9.17) is 28.9 Å². The molecular formula is C16H22Cl3N3O2S. The molecule has 2 rings (SSSR count). The van der Waals surface area contributed by atoms with Gasteiger partial charge in [0, 0.05) is 24.2 Å². The van der Waals surface area contributed by atoms with Crippen molar-refractivity contribution >= 4 is 59.2 Å².